The smallest absolute Gasteiger partial charge is 0.227 e. The minimum atomic E-state index is 0.00276. The minimum Gasteiger partial charge on any atom is -0.437 e. The number of nitrogens with one attached hydrogen (secondary N) is 1. The van der Waals surface area contributed by atoms with Crippen LogP contribution in [0.15, 0.2) is 24.7 Å². The van der Waals surface area contributed by atoms with E-state index in [1.54, 1.807) is 13.1 Å². The zero-order chi connectivity index (χ0) is 19.6. The van der Waals surface area contributed by atoms with Gasteiger partial charge < -0.3 is 15.0 Å². The van der Waals surface area contributed by atoms with Crippen LogP contribution in [-0.4, -0.2) is 40.0 Å². The summed E-state index contributed by atoms with van der Waals surface area (Å²) in [6.07, 6.45) is 3.26. The van der Waals surface area contributed by atoms with Crippen molar-refractivity contribution >= 4 is 11.7 Å². The van der Waals surface area contributed by atoms with Crippen LogP contribution in [0.3, 0.4) is 0 Å². The predicted octanol–water partition coefficient (Wildman–Crippen LogP) is 2.88. The van der Waals surface area contributed by atoms with Gasteiger partial charge >= 0.3 is 0 Å². The van der Waals surface area contributed by atoms with E-state index in [-0.39, 0.29) is 11.9 Å². The van der Waals surface area contributed by atoms with Gasteiger partial charge in [-0.2, -0.15) is 0 Å². The van der Waals surface area contributed by atoms with E-state index < -0.39 is 0 Å². The van der Waals surface area contributed by atoms with Crippen molar-refractivity contribution in [3.63, 3.8) is 0 Å². The SMILES string of the molecule is CC(=O)N[C@@H]1CN(c2ncnc(Oc3cccnc3C)c2C)C[C@H]1C(C)C. The lowest BCUT2D eigenvalue weighted by Crippen LogP contribution is -2.40. The molecular weight excluding hydrogens is 342 g/mol. The zero-order valence-corrected chi connectivity index (χ0v) is 16.6. The Morgan fingerprint density at radius 2 is 2.04 bits per heavy atom. The van der Waals surface area contributed by atoms with Crippen molar-refractivity contribution in [3.05, 3.63) is 35.9 Å². The molecule has 0 saturated carbocycles. The summed E-state index contributed by atoms with van der Waals surface area (Å²) in [6, 6.07) is 3.83. The molecule has 1 fully saturated rings. The summed E-state index contributed by atoms with van der Waals surface area (Å²) in [7, 11) is 0. The Bertz CT molecular complexity index is 824. The number of amides is 1. The van der Waals surface area contributed by atoms with Crippen LogP contribution in [0, 0.1) is 25.7 Å². The molecule has 1 aliphatic heterocycles. The lowest BCUT2D eigenvalue weighted by atomic mass is 9.91. The molecule has 0 spiro atoms. The van der Waals surface area contributed by atoms with Crippen molar-refractivity contribution in [2.45, 2.75) is 40.7 Å². The van der Waals surface area contributed by atoms with E-state index in [1.165, 1.54) is 6.33 Å². The molecule has 2 aromatic heterocycles. The summed E-state index contributed by atoms with van der Waals surface area (Å²) in [5.41, 5.74) is 1.69. The molecule has 2 atom stereocenters. The molecule has 1 saturated heterocycles. The summed E-state index contributed by atoms with van der Waals surface area (Å²) >= 11 is 0. The number of pyridine rings is 1. The second kappa shape index (κ2) is 7.90. The molecule has 0 aromatic carbocycles. The topological polar surface area (TPSA) is 80.2 Å². The third kappa shape index (κ3) is 4.18. The van der Waals surface area contributed by atoms with Gasteiger partial charge in [-0.25, -0.2) is 9.97 Å². The Hall–Kier alpha value is -2.70. The zero-order valence-electron chi connectivity index (χ0n) is 16.6. The van der Waals surface area contributed by atoms with E-state index >= 15 is 0 Å². The van der Waals surface area contributed by atoms with Crippen molar-refractivity contribution < 1.29 is 9.53 Å². The van der Waals surface area contributed by atoms with Crippen molar-refractivity contribution in [2.75, 3.05) is 18.0 Å². The first-order valence-electron chi connectivity index (χ1n) is 9.30. The van der Waals surface area contributed by atoms with Gasteiger partial charge in [-0.3, -0.25) is 9.78 Å². The highest BCUT2D eigenvalue weighted by atomic mass is 16.5. The predicted molar refractivity (Wildman–Crippen MR) is 104 cm³/mol. The molecule has 0 bridgehead atoms. The van der Waals surface area contributed by atoms with Gasteiger partial charge in [-0.15, -0.1) is 0 Å². The molecule has 7 nitrogen and oxygen atoms in total. The van der Waals surface area contributed by atoms with Gasteiger partial charge in [0.1, 0.15) is 12.1 Å². The summed E-state index contributed by atoms with van der Waals surface area (Å²) in [4.78, 5) is 26.9. The fourth-order valence-corrected chi connectivity index (χ4v) is 3.62. The van der Waals surface area contributed by atoms with Crippen LogP contribution in [0.5, 0.6) is 11.6 Å². The maximum Gasteiger partial charge on any atom is 0.227 e. The standard InChI is InChI=1S/C20H27N5O2/c1-12(2)16-9-25(10-17(16)24-15(5)26)19-13(3)20(23-11-22-19)27-18-7-6-8-21-14(18)4/h6-8,11-12,16-17H,9-10H2,1-5H3,(H,24,26)/t16-,17+/m0/s1. The van der Waals surface area contributed by atoms with Crippen LogP contribution in [0.4, 0.5) is 5.82 Å². The van der Waals surface area contributed by atoms with Gasteiger partial charge in [0, 0.05) is 32.1 Å². The van der Waals surface area contributed by atoms with Crippen LogP contribution in [0.25, 0.3) is 0 Å². The van der Waals surface area contributed by atoms with E-state index in [2.05, 4.69) is 39.0 Å². The number of aryl methyl sites for hydroxylation is 1. The quantitative estimate of drug-likeness (QED) is 0.873. The van der Waals surface area contributed by atoms with E-state index in [1.807, 2.05) is 26.0 Å². The van der Waals surface area contributed by atoms with E-state index in [9.17, 15) is 4.79 Å². The molecule has 0 aliphatic carbocycles. The largest absolute Gasteiger partial charge is 0.437 e. The maximum absolute atomic E-state index is 11.6. The van der Waals surface area contributed by atoms with Crippen molar-refractivity contribution in [1.29, 1.82) is 0 Å². The Morgan fingerprint density at radius 3 is 2.70 bits per heavy atom. The van der Waals surface area contributed by atoms with Crippen molar-refractivity contribution in [2.24, 2.45) is 11.8 Å². The number of nitrogens with zero attached hydrogens (tertiary/aromatic N) is 4. The number of hydrogen-bond donors (Lipinski definition) is 1. The van der Waals surface area contributed by atoms with Gasteiger partial charge in [0.15, 0.2) is 5.75 Å². The van der Waals surface area contributed by atoms with Crippen LogP contribution in [0.2, 0.25) is 0 Å². The third-order valence-electron chi connectivity index (χ3n) is 5.09. The molecule has 144 valence electrons. The molecule has 7 heteroatoms. The molecule has 1 N–H and O–H groups in total. The number of anilines is 1. The van der Waals surface area contributed by atoms with Crippen LogP contribution in [-0.2, 0) is 4.79 Å². The lowest BCUT2D eigenvalue weighted by molar-refractivity contribution is -0.119. The fourth-order valence-electron chi connectivity index (χ4n) is 3.62. The highest BCUT2D eigenvalue weighted by Gasteiger charge is 2.36. The number of hydrogen-bond acceptors (Lipinski definition) is 6. The molecular formula is C20H27N5O2. The van der Waals surface area contributed by atoms with Crippen LogP contribution >= 0.6 is 0 Å². The second-order valence-electron chi connectivity index (χ2n) is 7.44. The normalized spacial score (nSPS) is 19.4. The van der Waals surface area contributed by atoms with Crippen molar-refractivity contribution in [1.82, 2.24) is 20.3 Å². The van der Waals surface area contributed by atoms with Gasteiger partial charge in [-0.05, 0) is 31.9 Å². The molecule has 0 unspecified atom stereocenters. The van der Waals surface area contributed by atoms with Gasteiger partial charge in [0.05, 0.1) is 17.3 Å². The average Bonchev–Trinajstić information content (AvgIpc) is 3.01. The molecule has 2 aromatic rings. The lowest BCUT2D eigenvalue weighted by Gasteiger charge is -2.21. The Morgan fingerprint density at radius 1 is 1.26 bits per heavy atom. The molecule has 1 aliphatic rings. The highest BCUT2D eigenvalue weighted by molar-refractivity contribution is 5.73. The molecule has 3 rings (SSSR count). The minimum absolute atomic E-state index is 0.00276. The summed E-state index contributed by atoms with van der Waals surface area (Å²) in [5.74, 6) is 2.89. The van der Waals surface area contributed by atoms with Crippen molar-refractivity contribution in [3.8, 4) is 11.6 Å². The Kier molecular flexibility index (Phi) is 5.58. The fraction of sp³-hybridized carbons (Fsp3) is 0.500. The van der Waals surface area contributed by atoms with Crippen LogP contribution < -0.4 is 15.0 Å². The third-order valence-corrected chi connectivity index (χ3v) is 5.09. The van der Waals surface area contributed by atoms with Gasteiger partial charge in [0.2, 0.25) is 11.8 Å². The van der Waals surface area contributed by atoms with Gasteiger partial charge in [-0.1, -0.05) is 13.8 Å². The Labute approximate surface area is 160 Å². The number of carbonyl (C=O) groups excluding carboxylic acids is 1. The number of rotatable bonds is 5. The molecule has 0 radical (unpaired) electrons. The summed E-state index contributed by atoms with van der Waals surface area (Å²) in [6.45, 7) is 11.4. The first kappa shape index (κ1) is 19.1. The number of ether oxygens (including phenoxy) is 1. The molecule has 3 heterocycles. The monoisotopic (exact) mass is 369 g/mol. The molecule has 1 amide bonds. The first-order valence-corrected chi connectivity index (χ1v) is 9.30. The van der Waals surface area contributed by atoms with E-state index in [0.717, 1.165) is 30.2 Å². The summed E-state index contributed by atoms with van der Waals surface area (Å²) in [5, 5.41) is 3.09. The Balaban J connectivity index is 1.85. The van der Waals surface area contributed by atoms with Gasteiger partial charge in [0.25, 0.3) is 0 Å². The average molecular weight is 369 g/mol. The number of aromatic nitrogens is 3. The van der Waals surface area contributed by atoms with E-state index in [4.69, 9.17) is 4.74 Å². The molecule has 27 heavy (non-hydrogen) atoms. The van der Waals surface area contributed by atoms with Crippen LogP contribution in [0.1, 0.15) is 32.0 Å². The first-order chi connectivity index (χ1) is 12.9. The number of carbonyl (C=O) groups is 1. The van der Waals surface area contributed by atoms with E-state index in [0.29, 0.717) is 23.5 Å². The summed E-state index contributed by atoms with van der Waals surface area (Å²) < 4.78 is 6.00. The highest BCUT2D eigenvalue weighted by Crippen LogP contribution is 2.33. The second-order valence-corrected chi connectivity index (χ2v) is 7.44. The maximum atomic E-state index is 11.6.